The van der Waals surface area contributed by atoms with Crippen LogP contribution in [0.5, 0.6) is 0 Å². The van der Waals surface area contributed by atoms with Gasteiger partial charge in [-0.15, -0.1) is 0 Å². The van der Waals surface area contributed by atoms with E-state index < -0.39 is 24.6 Å². The van der Waals surface area contributed by atoms with Gasteiger partial charge in [0.15, 0.2) is 0 Å². The van der Waals surface area contributed by atoms with Crippen molar-refractivity contribution < 1.29 is 19.5 Å². The molecule has 0 rings (SSSR count). The highest BCUT2D eigenvalue weighted by Gasteiger charge is 2.15. The van der Waals surface area contributed by atoms with Crippen molar-refractivity contribution in [1.29, 1.82) is 0 Å². The molecular formula is C9H17N3O4. The lowest BCUT2D eigenvalue weighted by molar-refractivity contribution is -0.135. The quantitative estimate of drug-likeness (QED) is 0.501. The number of urea groups is 1. The number of amides is 3. The Hall–Kier alpha value is -1.79. The Bertz CT molecular complexity index is 278. The van der Waals surface area contributed by atoms with E-state index in [1.165, 1.54) is 6.92 Å². The average Bonchev–Trinajstić information content (AvgIpc) is 2.13. The van der Waals surface area contributed by atoms with Gasteiger partial charge < -0.3 is 21.1 Å². The molecule has 16 heavy (non-hydrogen) atoms. The Balaban J connectivity index is 3.94. The summed E-state index contributed by atoms with van der Waals surface area (Å²) < 4.78 is 0. The summed E-state index contributed by atoms with van der Waals surface area (Å²) in [6.07, 6.45) is 0. The minimum absolute atomic E-state index is 0.0150. The van der Waals surface area contributed by atoms with E-state index in [-0.39, 0.29) is 11.9 Å². The number of aliphatic carboxylic acids is 1. The van der Waals surface area contributed by atoms with Gasteiger partial charge in [0.25, 0.3) is 0 Å². The van der Waals surface area contributed by atoms with E-state index in [2.05, 4.69) is 16.0 Å². The monoisotopic (exact) mass is 231 g/mol. The summed E-state index contributed by atoms with van der Waals surface area (Å²) in [7, 11) is 0. The first kappa shape index (κ1) is 14.2. The lowest BCUT2D eigenvalue weighted by Crippen LogP contribution is -2.50. The largest absolute Gasteiger partial charge is 0.480 e. The highest BCUT2D eigenvalue weighted by Crippen LogP contribution is 1.85. The second-order valence-corrected chi connectivity index (χ2v) is 3.61. The Labute approximate surface area is 93.6 Å². The van der Waals surface area contributed by atoms with Gasteiger partial charge in [-0.1, -0.05) is 0 Å². The zero-order valence-electron chi connectivity index (χ0n) is 9.53. The van der Waals surface area contributed by atoms with Crippen LogP contribution in [0.1, 0.15) is 20.8 Å². The van der Waals surface area contributed by atoms with Gasteiger partial charge in [0.1, 0.15) is 12.6 Å². The molecule has 0 aromatic rings. The molecule has 0 saturated carbocycles. The number of hydrogen-bond donors (Lipinski definition) is 4. The molecule has 0 aromatic carbocycles. The molecule has 0 aliphatic rings. The van der Waals surface area contributed by atoms with Crippen molar-refractivity contribution in [1.82, 2.24) is 16.0 Å². The fourth-order valence-corrected chi connectivity index (χ4v) is 0.879. The van der Waals surface area contributed by atoms with E-state index in [1.807, 2.05) is 0 Å². The minimum atomic E-state index is -1.14. The highest BCUT2D eigenvalue weighted by atomic mass is 16.4. The van der Waals surface area contributed by atoms with E-state index in [4.69, 9.17) is 5.11 Å². The van der Waals surface area contributed by atoms with Crippen LogP contribution in [-0.2, 0) is 9.59 Å². The summed E-state index contributed by atoms with van der Waals surface area (Å²) in [6.45, 7) is 4.63. The SMILES string of the molecule is CC(C)NC(=O)C(C)NC(=O)NCC(=O)O. The molecule has 7 heteroatoms. The summed E-state index contributed by atoms with van der Waals surface area (Å²) in [5.74, 6) is -1.46. The molecule has 0 saturated heterocycles. The Kier molecular flexibility index (Phi) is 5.91. The fourth-order valence-electron chi connectivity index (χ4n) is 0.879. The maximum Gasteiger partial charge on any atom is 0.323 e. The predicted octanol–water partition coefficient (Wildman–Crippen LogP) is -0.717. The van der Waals surface area contributed by atoms with Crippen LogP contribution < -0.4 is 16.0 Å². The first-order chi connectivity index (χ1) is 7.32. The lowest BCUT2D eigenvalue weighted by Gasteiger charge is -2.15. The van der Waals surface area contributed by atoms with Crippen molar-refractivity contribution >= 4 is 17.9 Å². The zero-order chi connectivity index (χ0) is 12.7. The molecule has 3 amide bonds. The second-order valence-electron chi connectivity index (χ2n) is 3.61. The Morgan fingerprint density at radius 3 is 2.12 bits per heavy atom. The number of hydrogen-bond acceptors (Lipinski definition) is 3. The molecule has 1 unspecified atom stereocenters. The van der Waals surface area contributed by atoms with E-state index in [9.17, 15) is 14.4 Å². The minimum Gasteiger partial charge on any atom is -0.480 e. The van der Waals surface area contributed by atoms with Gasteiger partial charge >= 0.3 is 12.0 Å². The van der Waals surface area contributed by atoms with Gasteiger partial charge in [0.2, 0.25) is 5.91 Å². The fraction of sp³-hybridized carbons (Fsp3) is 0.667. The van der Waals surface area contributed by atoms with Gasteiger partial charge in [-0.3, -0.25) is 9.59 Å². The van der Waals surface area contributed by atoms with Gasteiger partial charge in [-0.05, 0) is 20.8 Å². The van der Waals surface area contributed by atoms with Gasteiger partial charge in [0.05, 0.1) is 0 Å². The number of carbonyl (C=O) groups excluding carboxylic acids is 2. The van der Waals surface area contributed by atoms with E-state index in [1.54, 1.807) is 13.8 Å². The van der Waals surface area contributed by atoms with E-state index in [0.29, 0.717) is 0 Å². The number of rotatable bonds is 5. The molecule has 0 fully saturated rings. The summed E-state index contributed by atoms with van der Waals surface area (Å²) >= 11 is 0. The van der Waals surface area contributed by atoms with Crippen LogP contribution in [0.4, 0.5) is 4.79 Å². The topological polar surface area (TPSA) is 108 Å². The van der Waals surface area contributed by atoms with Crippen LogP contribution in [0, 0.1) is 0 Å². The maximum atomic E-state index is 11.4. The Morgan fingerprint density at radius 2 is 1.69 bits per heavy atom. The molecular weight excluding hydrogens is 214 g/mol. The third-order valence-corrected chi connectivity index (χ3v) is 1.57. The molecule has 7 nitrogen and oxygen atoms in total. The molecule has 0 aromatic heterocycles. The van der Waals surface area contributed by atoms with Crippen LogP contribution in [-0.4, -0.2) is 41.6 Å². The van der Waals surface area contributed by atoms with Crippen LogP contribution in [0.25, 0.3) is 0 Å². The molecule has 0 radical (unpaired) electrons. The summed E-state index contributed by atoms with van der Waals surface area (Å²) in [6, 6.07) is -1.41. The number of carboxylic acids is 1. The van der Waals surface area contributed by atoms with Crippen LogP contribution in [0.15, 0.2) is 0 Å². The second kappa shape index (κ2) is 6.65. The molecule has 0 aliphatic heterocycles. The van der Waals surface area contributed by atoms with Crippen molar-refractivity contribution in [3.05, 3.63) is 0 Å². The van der Waals surface area contributed by atoms with Crippen molar-refractivity contribution in [2.75, 3.05) is 6.54 Å². The van der Waals surface area contributed by atoms with Gasteiger partial charge in [-0.25, -0.2) is 4.79 Å². The van der Waals surface area contributed by atoms with Gasteiger partial charge in [-0.2, -0.15) is 0 Å². The summed E-state index contributed by atoms with van der Waals surface area (Å²) in [5, 5.41) is 15.3. The van der Waals surface area contributed by atoms with Gasteiger partial charge in [0, 0.05) is 6.04 Å². The lowest BCUT2D eigenvalue weighted by atomic mass is 10.3. The average molecular weight is 231 g/mol. The summed E-state index contributed by atoms with van der Waals surface area (Å²) in [4.78, 5) is 32.6. The number of carboxylic acid groups (broad SMARTS) is 1. The molecule has 0 bridgehead atoms. The number of nitrogens with one attached hydrogen (secondary N) is 3. The van der Waals surface area contributed by atoms with Crippen LogP contribution in [0.2, 0.25) is 0 Å². The molecule has 4 N–H and O–H groups in total. The van der Waals surface area contributed by atoms with E-state index >= 15 is 0 Å². The van der Waals surface area contributed by atoms with Crippen molar-refractivity contribution in [3.8, 4) is 0 Å². The highest BCUT2D eigenvalue weighted by molar-refractivity contribution is 5.87. The molecule has 0 aliphatic carbocycles. The Morgan fingerprint density at radius 1 is 1.12 bits per heavy atom. The van der Waals surface area contributed by atoms with E-state index in [0.717, 1.165) is 0 Å². The first-order valence-electron chi connectivity index (χ1n) is 4.89. The molecule has 0 heterocycles. The first-order valence-corrected chi connectivity index (χ1v) is 4.89. The normalized spacial score (nSPS) is 11.8. The van der Waals surface area contributed by atoms with Crippen molar-refractivity contribution in [2.24, 2.45) is 0 Å². The van der Waals surface area contributed by atoms with Crippen LogP contribution >= 0.6 is 0 Å². The molecule has 1 atom stereocenters. The predicted molar refractivity (Wildman–Crippen MR) is 56.9 cm³/mol. The maximum absolute atomic E-state index is 11.4. The molecule has 92 valence electrons. The van der Waals surface area contributed by atoms with Crippen LogP contribution in [0.3, 0.4) is 0 Å². The third-order valence-electron chi connectivity index (χ3n) is 1.57. The zero-order valence-corrected chi connectivity index (χ0v) is 9.53. The smallest absolute Gasteiger partial charge is 0.323 e. The standard InChI is InChI=1S/C9H17N3O4/c1-5(2)11-8(15)6(3)12-9(16)10-4-7(13)14/h5-6H,4H2,1-3H3,(H,11,15)(H,13,14)(H2,10,12,16). The third kappa shape index (κ3) is 6.63. The molecule has 0 spiro atoms. The van der Waals surface area contributed by atoms with Crippen molar-refractivity contribution in [2.45, 2.75) is 32.9 Å². The number of carbonyl (C=O) groups is 3. The summed E-state index contributed by atoms with van der Waals surface area (Å²) in [5.41, 5.74) is 0. The van der Waals surface area contributed by atoms with Crippen molar-refractivity contribution in [3.63, 3.8) is 0 Å².